The third-order valence-electron chi connectivity index (χ3n) is 4.36. The van der Waals surface area contributed by atoms with E-state index in [2.05, 4.69) is 0 Å². The number of likely N-dealkylation sites (tertiary alicyclic amines) is 1. The van der Waals surface area contributed by atoms with Crippen LogP contribution in [0.5, 0.6) is 0 Å². The SMILES string of the molecule is CC(c1ccc(F)cc1)N(C)CC(=O)N1CCCCCC1. The Bertz CT molecular complexity index is 452. The van der Waals surface area contributed by atoms with Crippen LogP contribution in [0.15, 0.2) is 24.3 Å². The molecular formula is C17H25FN2O. The number of likely N-dealkylation sites (N-methyl/N-ethyl adjacent to an activating group) is 1. The monoisotopic (exact) mass is 292 g/mol. The summed E-state index contributed by atoms with van der Waals surface area (Å²) in [4.78, 5) is 16.4. The van der Waals surface area contributed by atoms with Gasteiger partial charge in [-0.05, 0) is 44.5 Å². The largest absolute Gasteiger partial charge is 0.342 e. The minimum Gasteiger partial charge on any atom is -0.342 e. The summed E-state index contributed by atoms with van der Waals surface area (Å²) in [6.07, 6.45) is 4.68. The van der Waals surface area contributed by atoms with Gasteiger partial charge in [-0.2, -0.15) is 0 Å². The first-order chi connectivity index (χ1) is 10.1. The van der Waals surface area contributed by atoms with E-state index in [9.17, 15) is 9.18 Å². The molecule has 4 heteroatoms. The maximum absolute atomic E-state index is 13.0. The number of carbonyl (C=O) groups is 1. The highest BCUT2D eigenvalue weighted by Gasteiger charge is 2.20. The molecule has 1 aliphatic rings. The molecule has 1 aliphatic heterocycles. The molecule has 0 spiro atoms. The van der Waals surface area contributed by atoms with Crippen LogP contribution >= 0.6 is 0 Å². The van der Waals surface area contributed by atoms with E-state index in [0.717, 1.165) is 31.5 Å². The molecular weight excluding hydrogens is 267 g/mol. The molecule has 1 saturated heterocycles. The lowest BCUT2D eigenvalue weighted by Crippen LogP contribution is -2.40. The summed E-state index contributed by atoms with van der Waals surface area (Å²) in [6, 6.07) is 6.60. The lowest BCUT2D eigenvalue weighted by Gasteiger charge is -2.28. The van der Waals surface area contributed by atoms with E-state index < -0.39 is 0 Å². The van der Waals surface area contributed by atoms with E-state index in [1.54, 1.807) is 12.1 Å². The fourth-order valence-corrected chi connectivity index (χ4v) is 2.77. The van der Waals surface area contributed by atoms with Gasteiger partial charge in [0.05, 0.1) is 6.54 Å². The van der Waals surface area contributed by atoms with Crippen molar-refractivity contribution in [1.29, 1.82) is 0 Å². The molecule has 1 heterocycles. The highest BCUT2D eigenvalue weighted by atomic mass is 19.1. The van der Waals surface area contributed by atoms with E-state index in [1.807, 2.05) is 23.8 Å². The average molecular weight is 292 g/mol. The third-order valence-corrected chi connectivity index (χ3v) is 4.36. The first kappa shape index (κ1) is 16.0. The summed E-state index contributed by atoms with van der Waals surface area (Å²) in [5.41, 5.74) is 1.03. The smallest absolute Gasteiger partial charge is 0.236 e. The normalized spacial score (nSPS) is 17.6. The van der Waals surface area contributed by atoms with E-state index in [-0.39, 0.29) is 17.8 Å². The zero-order valence-corrected chi connectivity index (χ0v) is 13.0. The number of nitrogens with zero attached hydrogens (tertiary/aromatic N) is 2. The fraction of sp³-hybridized carbons (Fsp3) is 0.588. The third kappa shape index (κ3) is 4.53. The molecule has 0 saturated carbocycles. The summed E-state index contributed by atoms with van der Waals surface area (Å²) in [5, 5.41) is 0. The molecule has 0 aromatic heterocycles. The molecule has 1 unspecified atom stereocenters. The number of benzene rings is 1. The Morgan fingerprint density at radius 1 is 1.19 bits per heavy atom. The average Bonchev–Trinajstić information content (AvgIpc) is 2.76. The lowest BCUT2D eigenvalue weighted by atomic mass is 10.1. The van der Waals surface area contributed by atoms with E-state index >= 15 is 0 Å². The van der Waals surface area contributed by atoms with Crippen LogP contribution in [-0.4, -0.2) is 42.4 Å². The van der Waals surface area contributed by atoms with Gasteiger partial charge in [-0.1, -0.05) is 25.0 Å². The topological polar surface area (TPSA) is 23.6 Å². The molecule has 1 atom stereocenters. The van der Waals surface area contributed by atoms with Crippen LogP contribution in [0.2, 0.25) is 0 Å². The summed E-state index contributed by atoms with van der Waals surface area (Å²) in [6.45, 7) is 4.23. The van der Waals surface area contributed by atoms with Crippen molar-refractivity contribution in [3.63, 3.8) is 0 Å². The molecule has 1 aromatic carbocycles. The van der Waals surface area contributed by atoms with Gasteiger partial charge in [0.1, 0.15) is 5.82 Å². The molecule has 116 valence electrons. The molecule has 3 nitrogen and oxygen atoms in total. The molecule has 0 radical (unpaired) electrons. The molecule has 1 fully saturated rings. The van der Waals surface area contributed by atoms with Crippen molar-refractivity contribution in [2.75, 3.05) is 26.7 Å². The van der Waals surface area contributed by atoms with Gasteiger partial charge in [-0.25, -0.2) is 4.39 Å². The van der Waals surface area contributed by atoms with E-state index in [0.29, 0.717) is 6.54 Å². The maximum Gasteiger partial charge on any atom is 0.236 e. The van der Waals surface area contributed by atoms with Gasteiger partial charge >= 0.3 is 0 Å². The highest BCUT2D eigenvalue weighted by molar-refractivity contribution is 5.78. The highest BCUT2D eigenvalue weighted by Crippen LogP contribution is 2.19. The van der Waals surface area contributed by atoms with Gasteiger partial charge in [0.25, 0.3) is 0 Å². The summed E-state index contributed by atoms with van der Waals surface area (Å²) in [7, 11) is 1.95. The predicted octanol–water partition coefficient (Wildman–Crippen LogP) is 3.22. The van der Waals surface area contributed by atoms with Crippen molar-refractivity contribution in [1.82, 2.24) is 9.80 Å². The Labute approximate surface area is 126 Å². The zero-order valence-electron chi connectivity index (χ0n) is 13.0. The molecule has 21 heavy (non-hydrogen) atoms. The maximum atomic E-state index is 13.0. The first-order valence-corrected chi connectivity index (χ1v) is 7.81. The zero-order chi connectivity index (χ0) is 15.2. The van der Waals surface area contributed by atoms with Crippen LogP contribution in [0.3, 0.4) is 0 Å². The van der Waals surface area contributed by atoms with Gasteiger partial charge in [0.15, 0.2) is 0 Å². The Morgan fingerprint density at radius 2 is 1.76 bits per heavy atom. The van der Waals surface area contributed by atoms with E-state index in [4.69, 9.17) is 0 Å². The second kappa shape index (κ2) is 7.55. The second-order valence-electron chi connectivity index (χ2n) is 5.94. The first-order valence-electron chi connectivity index (χ1n) is 7.81. The molecule has 1 aromatic rings. The van der Waals surface area contributed by atoms with Crippen molar-refractivity contribution in [3.05, 3.63) is 35.6 Å². The number of hydrogen-bond donors (Lipinski definition) is 0. The molecule has 0 aliphatic carbocycles. The van der Waals surface area contributed by atoms with Crippen molar-refractivity contribution in [2.24, 2.45) is 0 Å². The van der Waals surface area contributed by atoms with Crippen LogP contribution < -0.4 is 0 Å². The van der Waals surface area contributed by atoms with Gasteiger partial charge in [-0.3, -0.25) is 9.69 Å². The van der Waals surface area contributed by atoms with Crippen LogP contribution in [-0.2, 0) is 4.79 Å². The molecule has 1 amide bonds. The fourth-order valence-electron chi connectivity index (χ4n) is 2.77. The van der Waals surface area contributed by atoms with Gasteiger partial charge in [-0.15, -0.1) is 0 Å². The van der Waals surface area contributed by atoms with E-state index in [1.165, 1.54) is 25.0 Å². The van der Waals surface area contributed by atoms with Crippen LogP contribution in [0, 0.1) is 5.82 Å². The van der Waals surface area contributed by atoms with Gasteiger partial charge in [0.2, 0.25) is 5.91 Å². The molecule has 0 bridgehead atoms. The van der Waals surface area contributed by atoms with Crippen LogP contribution in [0.25, 0.3) is 0 Å². The lowest BCUT2D eigenvalue weighted by molar-refractivity contribution is -0.132. The Morgan fingerprint density at radius 3 is 2.33 bits per heavy atom. The standard InChI is InChI=1S/C17H25FN2O/c1-14(15-7-9-16(18)10-8-15)19(2)13-17(21)20-11-5-3-4-6-12-20/h7-10,14H,3-6,11-13H2,1-2H3. The minimum atomic E-state index is -0.228. The number of carbonyl (C=O) groups excluding carboxylic acids is 1. The van der Waals surface area contributed by atoms with Gasteiger partial charge in [0, 0.05) is 19.1 Å². The van der Waals surface area contributed by atoms with Crippen LogP contribution in [0.4, 0.5) is 4.39 Å². The Kier molecular flexibility index (Phi) is 5.74. The van der Waals surface area contributed by atoms with Crippen LogP contribution in [0.1, 0.15) is 44.2 Å². The molecule has 0 N–H and O–H groups in total. The number of hydrogen-bond acceptors (Lipinski definition) is 2. The molecule has 2 rings (SSSR count). The van der Waals surface area contributed by atoms with Crippen molar-refractivity contribution >= 4 is 5.91 Å². The van der Waals surface area contributed by atoms with Gasteiger partial charge < -0.3 is 4.90 Å². The number of rotatable bonds is 4. The minimum absolute atomic E-state index is 0.0986. The van der Waals surface area contributed by atoms with Crippen molar-refractivity contribution in [3.8, 4) is 0 Å². The number of amides is 1. The Balaban J connectivity index is 1.91. The number of halogens is 1. The quantitative estimate of drug-likeness (QED) is 0.850. The summed E-state index contributed by atoms with van der Waals surface area (Å²) < 4.78 is 13.0. The van der Waals surface area contributed by atoms with Crippen molar-refractivity contribution < 1.29 is 9.18 Å². The van der Waals surface area contributed by atoms with Crippen molar-refractivity contribution in [2.45, 2.75) is 38.6 Å². The Hall–Kier alpha value is -1.42. The summed E-state index contributed by atoms with van der Waals surface area (Å²) in [5.74, 6) is -0.0254. The predicted molar refractivity (Wildman–Crippen MR) is 82.5 cm³/mol. The second-order valence-corrected chi connectivity index (χ2v) is 5.94. The summed E-state index contributed by atoms with van der Waals surface area (Å²) >= 11 is 0.